The van der Waals surface area contributed by atoms with Gasteiger partial charge in [0.05, 0.1) is 18.7 Å². The number of nitrogens with zero attached hydrogens (tertiary/aromatic N) is 3. The minimum absolute atomic E-state index is 0.0518. The number of carbonyl (C=O) groups excluding carboxylic acids is 2. The lowest BCUT2D eigenvalue weighted by Crippen LogP contribution is -2.45. The van der Waals surface area contributed by atoms with Crippen LogP contribution in [0.2, 0.25) is 0 Å². The van der Waals surface area contributed by atoms with Crippen LogP contribution in [-0.2, 0) is 11.3 Å². The van der Waals surface area contributed by atoms with Crippen molar-refractivity contribution in [1.29, 1.82) is 0 Å². The minimum Gasteiger partial charge on any atom is -0.496 e. The number of amides is 2. The number of nitrogens with one attached hydrogen (secondary N) is 2. The Labute approximate surface area is 180 Å². The molecule has 31 heavy (non-hydrogen) atoms. The molecule has 0 spiro atoms. The molecule has 160 valence electrons. The van der Waals surface area contributed by atoms with E-state index >= 15 is 0 Å². The van der Waals surface area contributed by atoms with E-state index in [9.17, 15) is 9.59 Å². The first-order valence-corrected chi connectivity index (χ1v) is 10.3. The van der Waals surface area contributed by atoms with E-state index in [1.54, 1.807) is 30.5 Å². The average Bonchev–Trinajstić information content (AvgIpc) is 3.33. The molecule has 0 radical (unpaired) electrons. The first-order valence-electron chi connectivity index (χ1n) is 10.3. The third kappa shape index (κ3) is 4.74. The number of rotatable bonds is 6. The number of hydrogen-bond donors (Lipinski definition) is 2. The first kappa shape index (κ1) is 20.6. The third-order valence-electron chi connectivity index (χ3n) is 5.49. The zero-order chi connectivity index (χ0) is 21.6. The molecule has 0 unspecified atom stereocenters. The van der Waals surface area contributed by atoms with Crippen LogP contribution >= 0.6 is 0 Å². The molecule has 4 rings (SSSR count). The number of para-hydroxylation sites is 1. The van der Waals surface area contributed by atoms with E-state index in [1.165, 1.54) is 0 Å². The Morgan fingerprint density at radius 3 is 2.94 bits per heavy atom. The second-order valence-corrected chi connectivity index (χ2v) is 7.53. The number of aromatic amines is 1. The number of hydrogen-bond acceptors (Lipinski definition) is 5. The van der Waals surface area contributed by atoms with Gasteiger partial charge in [-0.15, -0.1) is 0 Å². The summed E-state index contributed by atoms with van der Waals surface area (Å²) >= 11 is 0. The van der Waals surface area contributed by atoms with Crippen LogP contribution in [0.3, 0.4) is 0 Å². The highest BCUT2D eigenvalue weighted by Gasteiger charge is 2.29. The monoisotopic (exact) mass is 419 g/mol. The maximum absolute atomic E-state index is 13.0. The van der Waals surface area contributed by atoms with Crippen molar-refractivity contribution in [3.63, 3.8) is 0 Å². The third-order valence-corrected chi connectivity index (χ3v) is 5.49. The van der Waals surface area contributed by atoms with Gasteiger partial charge in [-0.1, -0.05) is 18.2 Å². The van der Waals surface area contributed by atoms with Gasteiger partial charge in [-0.2, -0.15) is 5.10 Å². The molecule has 1 aliphatic heterocycles. The second-order valence-electron chi connectivity index (χ2n) is 7.53. The van der Waals surface area contributed by atoms with Gasteiger partial charge in [-0.25, -0.2) is 0 Å². The van der Waals surface area contributed by atoms with Crippen molar-refractivity contribution in [2.45, 2.75) is 19.4 Å². The Hall–Kier alpha value is -3.68. The minimum atomic E-state index is -0.242. The Kier molecular flexibility index (Phi) is 6.26. The molecule has 8 heteroatoms. The maximum atomic E-state index is 13.0. The summed E-state index contributed by atoms with van der Waals surface area (Å²) in [6, 6.07) is 13.0. The van der Waals surface area contributed by atoms with Crippen molar-refractivity contribution in [3.05, 3.63) is 66.1 Å². The van der Waals surface area contributed by atoms with Gasteiger partial charge in [0.15, 0.2) is 0 Å². The van der Waals surface area contributed by atoms with Gasteiger partial charge >= 0.3 is 0 Å². The van der Waals surface area contributed by atoms with E-state index < -0.39 is 0 Å². The molecular weight excluding hydrogens is 394 g/mol. The zero-order valence-corrected chi connectivity index (χ0v) is 17.4. The number of piperidine rings is 1. The van der Waals surface area contributed by atoms with Crippen LogP contribution in [0.1, 0.15) is 28.9 Å². The molecule has 3 heterocycles. The van der Waals surface area contributed by atoms with Gasteiger partial charge in [-0.05, 0) is 37.1 Å². The standard InChI is InChI=1S/C23H25N5O3/c1-31-21-9-3-2-6-17(21)14-25-22(29)18-8-5-11-28(15-18)23(30)20-12-19(26-27-20)16-7-4-10-24-13-16/h2-4,6-7,9-10,12-13,18H,5,8,11,14-15H2,1H3,(H,25,29)(H,26,27)/t18-/m0/s1. The molecule has 1 atom stereocenters. The molecular formula is C23H25N5O3. The quantitative estimate of drug-likeness (QED) is 0.640. The average molecular weight is 419 g/mol. The van der Waals surface area contributed by atoms with Gasteiger partial charge in [0.25, 0.3) is 5.91 Å². The fraction of sp³-hybridized carbons (Fsp3) is 0.304. The number of H-pyrrole nitrogens is 1. The van der Waals surface area contributed by atoms with Crippen LogP contribution in [0.4, 0.5) is 0 Å². The topological polar surface area (TPSA) is 100 Å². The van der Waals surface area contributed by atoms with E-state index in [2.05, 4.69) is 20.5 Å². The molecule has 0 saturated carbocycles. The van der Waals surface area contributed by atoms with E-state index in [0.29, 0.717) is 31.0 Å². The molecule has 1 fully saturated rings. The molecule has 8 nitrogen and oxygen atoms in total. The highest BCUT2D eigenvalue weighted by Crippen LogP contribution is 2.22. The Morgan fingerprint density at radius 2 is 2.13 bits per heavy atom. The number of ether oxygens (including phenoxy) is 1. The summed E-state index contributed by atoms with van der Waals surface area (Å²) in [5.74, 6) is 0.300. The lowest BCUT2D eigenvalue weighted by Gasteiger charge is -2.31. The number of likely N-dealkylation sites (tertiary alicyclic amines) is 1. The van der Waals surface area contributed by atoms with Gasteiger partial charge < -0.3 is 15.0 Å². The van der Waals surface area contributed by atoms with Gasteiger partial charge in [0.2, 0.25) is 5.91 Å². The molecule has 2 amide bonds. The number of benzene rings is 1. The van der Waals surface area contributed by atoms with Crippen molar-refractivity contribution in [2.75, 3.05) is 20.2 Å². The lowest BCUT2D eigenvalue weighted by molar-refractivity contribution is -0.126. The largest absolute Gasteiger partial charge is 0.496 e. The van der Waals surface area contributed by atoms with Crippen molar-refractivity contribution < 1.29 is 14.3 Å². The van der Waals surface area contributed by atoms with E-state index in [4.69, 9.17) is 4.74 Å². The maximum Gasteiger partial charge on any atom is 0.271 e. The summed E-state index contributed by atoms with van der Waals surface area (Å²) < 4.78 is 5.34. The van der Waals surface area contributed by atoms with Crippen molar-refractivity contribution in [2.24, 2.45) is 5.92 Å². The summed E-state index contributed by atoms with van der Waals surface area (Å²) in [7, 11) is 1.61. The number of pyridine rings is 1. The van der Waals surface area contributed by atoms with Crippen LogP contribution in [0.5, 0.6) is 5.75 Å². The molecule has 2 aromatic heterocycles. The van der Waals surface area contributed by atoms with Gasteiger partial charge in [0, 0.05) is 43.2 Å². The van der Waals surface area contributed by atoms with Crippen LogP contribution in [0, 0.1) is 5.92 Å². The van der Waals surface area contributed by atoms with Gasteiger partial charge in [-0.3, -0.25) is 19.7 Å². The fourth-order valence-electron chi connectivity index (χ4n) is 3.82. The predicted octanol–water partition coefficient (Wildman–Crippen LogP) is 2.65. The van der Waals surface area contributed by atoms with E-state index in [-0.39, 0.29) is 17.7 Å². The van der Waals surface area contributed by atoms with Gasteiger partial charge in [0.1, 0.15) is 11.4 Å². The van der Waals surface area contributed by atoms with E-state index in [1.807, 2.05) is 36.4 Å². The molecule has 1 aliphatic rings. The summed E-state index contributed by atoms with van der Waals surface area (Å²) in [6.07, 6.45) is 4.93. The fourth-order valence-corrected chi connectivity index (χ4v) is 3.82. The van der Waals surface area contributed by atoms with Crippen LogP contribution in [-0.4, -0.2) is 52.1 Å². The Bertz CT molecular complexity index is 1050. The van der Waals surface area contributed by atoms with Crippen LogP contribution < -0.4 is 10.1 Å². The molecule has 1 aromatic carbocycles. The Balaban J connectivity index is 1.37. The van der Waals surface area contributed by atoms with E-state index in [0.717, 1.165) is 29.7 Å². The second kappa shape index (κ2) is 9.42. The number of methoxy groups -OCH3 is 1. The van der Waals surface area contributed by atoms with Crippen LogP contribution in [0.25, 0.3) is 11.3 Å². The summed E-state index contributed by atoms with van der Waals surface area (Å²) in [5.41, 5.74) is 2.83. The molecule has 1 saturated heterocycles. The number of aromatic nitrogens is 3. The van der Waals surface area contributed by atoms with Crippen molar-refractivity contribution >= 4 is 11.8 Å². The van der Waals surface area contributed by atoms with Crippen molar-refractivity contribution in [1.82, 2.24) is 25.4 Å². The summed E-state index contributed by atoms with van der Waals surface area (Å²) in [6.45, 7) is 1.40. The normalized spacial score (nSPS) is 16.0. The zero-order valence-electron chi connectivity index (χ0n) is 17.4. The SMILES string of the molecule is COc1ccccc1CNC(=O)[C@H]1CCCN(C(=O)c2cc(-c3cccnc3)n[nH]2)C1. The first-order chi connectivity index (χ1) is 15.2. The molecule has 2 N–H and O–H groups in total. The highest BCUT2D eigenvalue weighted by atomic mass is 16.5. The van der Waals surface area contributed by atoms with Crippen LogP contribution in [0.15, 0.2) is 54.9 Å². The summed E-state index contributed by atoms with van der Waals surface area (Å²) in [5, 5.41) is 10.0. The Morgan fingerprint density at radius 1 is 1.26 bits per heavy atom. The molecule has 0 aliphatic carbocycles. The molecule has 0 bridgehead atoms. The highest BCUT2D eigenvalue weighted by molar-refractivity contribution is 5.94. The molecule has 3 aromatic rings. The van der Waals surface area contributed by atoms with Crippen molar-refractivity contribution in [3.8, 4) is 17.0 Å². The predicted molar refractivity (Wildman–Crippen MR) is 115 cm³/mol. The smallest absolute Gasteiger partial charge is 0.271 e. The number of carbonyl (C=O) groups is 2. The summed E-state index contributed by atoms with van der Waals surface area (Å²) in [4.78, 5) is 31.5. The lowest BCUT2D eigenvalue weighted by atomic mass is 9.96.